The predicted octanol–water partition coefficient (Wildman–Crippen LogP) is 5.81. The maximum absolute atomic E-state index is 13.3. The molecule has 0 saturated carbocycles. The van der Waals surface area contributed by atoms with Crippen LogP contribution in [0.2, 0.25) is 0 Å². The topological polar surface area (TPSA) is 35.5 Å². The van der Waals surface area contributed by atoms with Crippen molar-refractivity contribution in [1.82, 2.24) is 0 Å². The van der Waals surface area contributed by atoms with Gasteiger partial charge in [-0.15, -0.1) is 0 Å². The third kappa shape index (κ3) is 4.52. The van der Waals surface area contributed by atoms with E-state index >= 15 is 0 Å². The van der Waals surface area contributed by atoms with E-state index in [2.05, 4.69) is 0 Å². The second kappa shape index (κ2) is 8.17. The zero-order valence-corrected chi connectivity index (χ0v) is 15.0. The molecule has 0 aromatic heterocycles. The van der Waals surface area contributed by atoms with Gasteiger partial charge in [-0.3, -0.25) is 0 Å². The van der Waals surface area contributed by atoms with Crippen LogP contribution in [-0.4, -0.2) is 5.97 Å². The SMILES string of the molecule is Cc1c(C(F)(F)F)ccc(OCc2ccccc2)c1C(=O)Oc1ccccc1. The van der Waals surface area contributed by atoms with Crippen molar-refractivity contribution in [3.8, 4) is 11.5 Å². The molecule has 0 unspecified atom stereocenters. The van der Waals surface area contributed by atoms with Crippen molar-refractivity contribution < 1.29 is 27.4 Å². The van der Waals surface area contributed by atoms with Crippen LogP contribution in [0.15, 0.2) is 72.8 Å². The summed E-state index contributed by atoms with van der Waals surface area (Å²) in [6.07, 6.45) is -4.59. The molecule has 3 rings (SSSR count). The Labute approximate surface area is 160 Å². The van der Waals surface area contributed by atoms with Crippen LogP contribution in [-0.2, 0) is 12.8 Å². The van der Waals surface area contributed by atoms with Crippen molar-refractivity contribution in [2.24, 2.45) is 0 Å². The van der Waals surface area contributed by atoms with Crippen molar-refractivity contribution in [2.45, 2.75) is 19.7 Å². The lowest BCUT2D eigenvalue weighted by Crippen LogP contribution is -2.17. The first-order chi connectivity index (χ1) is 13.4. The maximum atomic E-state index is 13.3. The van der Waals surface area contributed by atoms with Crippen LogP contribution in [0.4, 0.5) is 13.2 Å². The Balaban J connectivity index is 1.96. The molecule has 3 nitrogen and oxygen atoms in total. The molecule has 0 aliphatic heterocycles. The highest BCUT2D eigenvalue weighted by molar-refractivity contribution is 5.96. The molecule has 0 atom stereocenters. The number of benzene rings is 3. The molecule has 0 saturated heterocycles. The van der Waals surface area contributed by atoms with Gasteiger partial charge in [-0.2, -0.15) is 13.2 Å². The Bertz CT molecular complexity index is 952. The normalized spacial score (nSPS) is 11.1. The van der Waals surface area contributed by atoms with E-state index in [1.165, 1.54) is 6.92 Å². The van der Waals surface area contributed by atoms with Crippen LogP contribution in [0.25, 0.3) is 0 Å². The van der Waals surface area contributed by atoms with E-state index in [4.69, 9.17) is 9.47 Å². The van der Waals surface area contributed by atoms with E-state index in [9.17, 15) is 18.0 Å². The second-order valence-electron chi connectivity index (χ2n) is 6.09. The largest absolute Gasteiger partial charge is 0.488 e. The van der Waals surface area contributed by atoms with E-state index in [0.29, 0.717) is 0 Å². The molecule has 0 amide bonds. The van der Waals surface area contributed by atoms with Gasteiger partial charge in [-0.05, 0) is 42.3 Å². The number of para-hydroxylation sites is 1. The minimum Gasteiger partial charge on any atom is -0.488 e. The van der Waals surface area contributed by atoms with Crippen molar-refractivity contribution in [3.05, 3.63) is 95.1 Å². The predicted molar refractivity (Wildman–Crippen MR) is 98.4 cm³/mol. The summed E-state index contributed by atoms with van der Waals surface area (Å²) in [4.78, 5) is 12.7. The van der Waals surface area contributed by atoms with Crippen LogP contribution in [0.3, 0.4) is 0 Å². The molecule has 28 heavy (non-hydrogen) atoms. The summed E-state index contributed by atoms with van der Waals surface area (Å²) in [6, 6.07) is 19.3. The number of esters is 1. The molecule has 0 spiro atoms. The quantitative estimate of drug-likeness (QED) is 0.410. The highest BCUT2D eigenvalue weighted by Crippen LogP contribution is 2.37. The maximum Gasteiger partial charge on any atom is 0.416 e. The molecule has 144 valence electrons. The molecule has 0 fully saturated rings. The summed E-state index contributed by atoms with van der Waals surface area (Å²) in [5.74, 6) is -0.633. The van der Waals surface area contributed by atoms with Crippen molar-refractivity contribution in [3.63, 3.8) is 0 Å². The van der Waals surface area contributed by atoms with E-state index in [1.54, 1.807) is 30.3 Å². The Kier molecular flexibility index (Phi) is 5.68. The second-order valence-corrected chi connectivity index (χ2v) is 6.09. The number of halogens is 3. The summed E-state index contributed by atoms with van der Waals surface area (Å²) in [6.45, 7) is 1.34. The lowest BCUT2D eigenvalue weighted by molar-refractivity contribution is -0.138. The number of hydrogen-bond donors (Lipinski definition) is 0. The first-order valence-electron chi connectivity index (χ1n) is 8.51. The highest BCUT2D eigenvalue weighted by Gasteiger charge is 2.35. The third-order valence-electron chi connectivity index (χ3n) is 4.13. The van der Waals surface area contributed by atoms with E-state index < -0.39 is 17.7 Å². The van der Waals surface area contributed by atoms with Crippen molar-refractivity contribution in [2.75, 3.05) is 0 Å². The van der Waals surface area contributed by atoms with Gasteiger partial charge in [0, 0.05) is 0 Å². The standard InChI is InChI=1S/C22H17F3O3/c1-15-18(22(23,24)25)12-13-19(27-14-16-8-4-2-5-9-16)20(15)21(26)28-17-10-6-3-7-11-17/h2-13H,14H2,1H3. The zero-order chi connectivity index (χ0) is 20.1. The lowest BCUT2D eigenvalue weighted by Gasteiger charge is -2.17. The summed E-state index contributed by atoms with van der Waals surface area (Å²) in [5, 5.41) is 0. The molecule has 0 N–H and O–H groups in total. The Morgan fingerprint density at radius 2 is 1.50 bits per heavy atom. The fourth-order valence-corrected chi connectivity index (χ4v) is 2.75. The Morgan fingerprint density at radius 3 is 2.11 bits per heavy atom. The van der Waals surface area contributed by atoms with Gasteiger partial charge in [0.15, 0.2) is 0 Å². The van der Waals surface area contributed by atoms with E-state index in [1.807, 2.05) is 30.3 Å². The Morgan fingerprint density at radius 1 is 0.893 bits per heavy atom. The number of carbonyl (C=O) groups excluding carboxylic acids is 1. The van der Waals surface area contributed by atoms with Crippen LogP contribution in [0.1, 0.15) is 27.0 Å². The molecule has 0 aliphatic rings. The molecule has 3 aromatic rings. The molecule has 0 heterocycles. The molecule has 6 heteroatoms. The van der Waals surface area contributed by atoms with Crippen LogP contribution < -0.4 is 9.47 Å². The van der Waals surface area contributed by atoms with Gasteiger partial charge in [-0.1, -0.05) is 48.5 Å². The zero-order valence-electron chi connectivity index (χ0n) is 15.0. The number of rotatable bonds is 5. The van der Waals surface area contributed by atoms with Crippen LogP contribution in [0.5, 0.6) is 11.5 Å². The van der Waals surface area contributed by atoms with E-state index in [0.717, 1.165) is 17.7 Å². The third-order valence-corrected chi connectivity index (χ3v) is 4.13. The number of hydrogen-bond acceptors (Lipinski definition) is 3. The number of ether oxygens (including phenoxy) is 2. The number of carbonyl (C=O) groups is 1. The molecule has 3 aromatic carbocycles. The summed E-state index contributed by atoms with van der Waals surface area (Å²) >= 11 is 0. The van der Waals surface area contributed by atoms with Gasteiger partial charge in [0.25, 0.3) is 0 Å². The molecule has 0 aliphatic carbocycles. The van der Waals surface area contributed by atoms with Gasteiger partial charge in [0.05, 0.1) is 5.56 Å². The van der Waals surface area contributed by atoms with Crippen molar-refractivity contribution in [1.29, 1.82) is 0 Å². The van der Waals surface area contributed by atoms with Gasteiger partial charge in [0.2, 0.25) is 0 Å². The highest BCUT2D eigenvalue weighted by atomic mass is 19.4. The average Bonchev–Trinajstić information content (AvgIpc) is 2.67. The fourth-order valence-electron chi connectivity index (χ4n) is 2.75. The first kappa shape index (κ1) is 19.5. The summed E-state index contributed by atoms with van der Waals surface area (Å²) in [5.41, 5.74) is -0.560. The fraction of sp³-hybridized carbons (Fsp3) is 0.136. The van der Waals surface area contributed by atoms with Crippen molar-refractivity contribution >= 4 is 5.97 Å². The van der Waals surface area contributed by atoms with Gasteiger partial charge in [-0.25, -0.2) is 4.79 Å². The molecular formula is C22H17F3O3. The average molecular weight is 386 g/mol. The monoisotopic (exact) mass is 386 g/mol. The van der Waals surface area contributed by atoms with Gasteiger partial charge < -0.3 is 9.47 Å². The van der Waals surface area contributed by atoms with Crippen LogP contribution >= 0.6 is 0 Å². The van der Waals surface area contributed by atoms with Gasteiger partial charge in [0.1, 0.15) is 23.7 Å². The van der Waals surface area contributed by atoms with E-state index in [-0.39, 0.29) is 29.2 Å². The lowest BCUT2D eigenvalue weighted by atomic mass is 10.0. The molecular weight excluding hydrogens is 369 g/mol. The first-order valence-corrected chi connectivity index (χ1v) is 8.51. The minimum absolute atomic E-state index is 0.0373. The molecule has 0 radical (unpaired) electrons. The smallest absolute Gasteiger partial charge is 0.416 e. The van der Waals surface area contributed by atoms with Crippen LogP contribution in [0, 0.1) is 6.92 Å². The Hall–Kier alpha value is -3.28. The molecule has 0 bridgehead atoms. The summed E-state index contributed by atoms with van der Waals surface area (Å²) in [7, 11) is 0. The van der Waals surface area contributed by atoms with Gasteiger partial charge >= 0.3 is 12.1 Å². The minimum atomic E-state index is -4.59. The number of alkyl halides is 3. The summed E-state index contributed by atoms with van der Waals surface area (Å²) < 4.78 is 50.8.